The number of aryl methyl sites for hydroxylation is 3. The number of nitrogens with one attached hydrogen (secondary N) is 1. The number of rotatable bonds is 4. The molecule has 0 amide bonds. The minimum absolute atomic E-state index is 0.0221. The zero-order chi connectivity index (χ0) is 18.3. The van der Waals surface area contributed by atoms with E-state index in [0.29, 0.717) is 6.54 Å². The van der Waals surface area contributed by atoms with Gasteiger partial charge in [0.1, 0.15) is 11.5 Å². The molecule has 0 spiro atoms. The van der Waals surface area contributed by atoms with Crippen LogP contribution < -0.4 is 5.56 Å². The van der Waals surface area contributed by atoms with E-state index in [0.717, 1.165) is 60.8 Å². The molecule has 1 N–H and O–H groups in total. The lowest BCUT2D eigenvalue weighted by Gasteiger charge is -2.27. The van der Waals surface area contributed by atoms with Gasteiger partial charge in [-0.25, -0.2) is 9.97 Å². The van der Waals surface area contributed by atoms with Crippen LogP contribution in [0.2, 0.25) is 0 Å². The smallest absolute Gasteiger partial charge is 0.255 e. The van der Waals surface area contributed by atoms with E-state index < -0.39 is 0 Å². The van der Waals surface area contributed by atoms with Crippen LogP contribution in [0.1, 0.15) is 47.4 Å². The predicted molar refractivity (Wildman–Crippen MR) is 101 cm³/mol. The van der Waals surface area contributed by atoms with Crippen LogP contribution in [0.4, 0.5) is 0 Å². The van der Waals surface area contributed by atoms with Crippen molar-refractivity contribution >= 4 is 5.65 Å². The highest BCUT2D eigenvalue weighted by molar-refractivity contribution is 5.50. The predicted octanol–water partition coefficient (Wildman–Crippen LogP) is 2.55. The average molecular weight is 351 g/mol. The number of aromatic nitrogens is 4. The molecular weight excluding hydrogens is 326 g/mol. The second-order valence-electron chi connectivity index (χ2n) is 7.18. The summed E-state index contributed by atoms with van der Waals surface area (Å²) in [5.41, 5.74) is 6.25. The van der Waals surface area contributed by atoms with Gasteiger partial charge in [-0.3, -0.25) is 9.69 Å². The molecule has 136 valence electrons. The fourth-order valence-electron chi connectivity index (χ4n) is 3.79. The molecule has 3 aromatic heterocycles. The summed E-state index contributed by atoms with van der Waals surface area (Å²) in [6, 6.07) is 4.14. The Morgan fingerprint density at radius 2 is 2.12 bits per heavy atom. The Kier molecular flexibility index (Phi) is 4.36. The van der Waals surface area contributed by atoms with Crippen molar-refractivity contribution in [3.8, 4) is 0 Å². The lowest BCUT2D eigenvalue weighted by atomic mass is 10.1. The Hall–Kier alpha value is -2.47. The lowest BCUT2D eigenvalue weighted by Crippen LogP contribution is -2.36. The van der Waals surface area contributed by atoms with Gasteiger partial charge in [-0.15, -0.1) is 0 Å². The van der Waals surface area contributed by atoms with Crippen LogP contribution in [0.5, 0.6) is 0 Å². The Morgan fingerprint density at radius 1 is 1.27 bits per heavy atom. The molecule has 0 atom stereocenters. The summed E-state index contributed by atoms with van der Waals surface area (Å²) in [5, 5.41) is 0. The number of hydrogen-bond acceptors (Lipinski definition) is 4. The molecule has 4 heterocycles. The van der Waals surface area contributed by atoms with Gasteiger partial charge >= 0.3 is 0 Å². The number of pyridine rings is 1. The van der Waals surface area contributed by atoms with Crippen LogP contribution >= 0.6 is 0 Å². The maximum absolute atomic E-state index is 12.5. The van der Waals surface area contributed by atoms with Crippen molar-refractivity contribution < 1.29 is 0 Å². The topological polar surface area (TPSA) is 66.3 Å². The summed E-state index contributed by atoms with van der Waals surface area (Å²) >= 11 is 0. The maximum Gasteiger partial charge on any atom is 0.255 e. The molecule has 1 aliphatic heterocycles. The summed E-state index contributed by atoms with van der Waals surface area (Å²) in [6.45, 7) is 8.58. The van der Waals surface area contributed by atoms with Gasteiger partial charge in [-0.2, -0.15) is 0 Å². The molecule has 0 fully saturated rings. The van der Waals surface area contributed by atoms with Crippen molar-refractivity contribution in [2.75, 3.05) is 6.54 Å². The average Bonchev–Trinajstić information content (AvgIpc) is 2.93. The number of nitrogens with zero attached hydrogens (tertiary/aromatic N) is 4. The number of imidazole rings is 1. The minimum Gasteiger partial charge on any atom is -0.310 e. The first-order valence-electron chi connectivity index (χ1n) is 9.33. The van der Waals surface area contributed by atoms with Crippen molar-refractivity contribution in [2.45, 2.75) is 53.1 Å². The molecule has 0 unspecified atom stereocenters. The highest BCUT2D eigenvalue weighted by atomic mass is 16.1. The van der Waals surface area contributed by atoms with Crippen LogP contribution in [0.3, 0.4) is 0 Å². The molecule has 0 aliphatic carbocycles. The molecule has 0 radical (unpaired) electrons. The molecule has 0 bridgehead atoms. The molecular formula is C20H25N5O. The molecule has 3 aromatic rings. The molecule has 26 heavy (non-hydrogen) atoms. The summed E-state index contributed by atoms with van der Waals surface area (Å²) in [4.78, 5) is 27.2. The van der Waals surface area contributed by atoms with E-state index in [9.17, 15) is 4.79 Å². The van der Waals surface area contributed by atoms with Crippen LogP contribution in [-0.4, -0.2) is 30.8 Å². The Balaban J connectivity index is 1.62. The third kappa shape index (κ3) is 2.94. The number of hydrogen-bond donors (Lipinski definition) is 1. The van der Waals surface area contributed by atoms with Gasteiger partial charge < -0.3 is 9.38 Å². The van der Waals surface area contributed by atoms with Crippen LogP contribution in [0.15, 0.2) is 23.1 Å². The highest BCUT2D eigenvalue weighted by Crippen LogP contribution is 2.20. The van der Waals surface area contributed by atoms with Crippen LogP contribution in [0.25, 0.3) is 5.65 Å². The molecule has 0 saturated heterocycles. The SMILES string of the molecule is CCCc1nc2c(c(=O)[nH]1)CN(Cc1c(C)nc3c(C)cccn13)CC2. The van der Waals surface area contributed by atoms with E-state index in [-0.39, 0.29) is 5.56 Å². The summed E-state index contributed by atoms with van der Waals surface area (Å²) in [7, 11) is 0. The molecule has 0 saturated carbocycles. The van der Waals surface area contributed by atoms with Gasteiger partial charge in [0.2, 0.25) is 0 Å². The molecule has 1 aliphatic rings. The first-order chi connectivity index (χ1) is 12.6. The molecule has 6 heteroatoms. The molecule has 6 nitrogen and oxygen atoms in total. The summed E-state index contributed by atoms with van der Waals surface area (Å²) in [5.74, 6) is 0.817. The van der Waals surface area contributed by atoms with E-state index in [1.165, 1.54) is 11.3 Å². The van der Waals surface area contributed by atoms with E-state index in [2.05, 4.69) is 58.4 Å². The lowest BCUT2D eigenvalue weighted by molar-refractivity contribution is 0.237. The third-order valence-corrected chi connectivity index (χ3v) is 5.20. The maximum atomic E-state index is 12.5. The van der Waals surface area contributed by atoms with Crippen molar-refractivity contribution in [3.05, 3.63) is 62.7 Å². The quantitative estimate of drug-likeness (QED) is 0.784. The Morgan fingerprint density at radius 3 is 2.92 bits per heavy atom. The fraction of sp³-hybridized carbons (Fsp3) is 0.450. The van der Waals surface area contributed by atoms with Gasteiger partial charge in [-0.1, -0.05) is 13.0 Å². The van der Waals surface area contributed by atoms with E-state index in [4.69, 9.17) is 4.98 Å². The van der Waals surface area contributed by atoms with E-state index >= 15 is 0 Å². The summed E-state index contributed by atoms with van der Waals surface area (Å²) < 4.78 is 2.17. The zero-order valence-corrected chi connectivity index (χ0v) is 15.7. The standard InChI is InChI=1S/C20H25N5O/c1-4-6-18-22-16-8-10-24(11-15(16)20(26)23-18)12-17-14(3)21-19-13(2)7-5-9-25(17)19/h5,7,9H,4,6,8,10-12H2,1-3H3,(H,22,23,26). The number of aromatic amines is 1. The van der Waals surface area contributed by atoms with Crippen molar-refractivity contribution in [1.29, 1.82) is 0 Å². The Labute approximate surface area is 152 Å². The highest BCUT2D eigenvalue weighted by Gasteiger charge is 2.23. The van der Waals surface area contributed by atoms with Gasteiger partial charge in [-0.05, 0) is 31.9 Å². The summed E-state index contributed by atoms with van der Waals surface area (Å²) in [6.07, 6.45) is 4.71. The normalized spacial score (nSPS) is 14.7. The third-order valence-electron chi connectivity index (χ3n) is 5.20. The monoisotopic (exact) mass is 351 g/mol. The Bertz CT molecular complexity index is 1020. The molecule has 0 aromatic carbocycles. The van der Waals surface area contributed by atoms with Crippen LogP contribution in [0, 0.1) is 13.8 Å². The molecule has 4 rings (SSSR count). The van der Waals surface area contributed by atoms with E-state index in [1.807, 2.05) is 0 Å². The van der Waals surface area contributed by atoms with Crippen LogP contribution in [-0.2, 0) is 25.9 Å². The van der Waals surface area contributed by atoms with Gasteiger partial charge in [0.25, 0.3) is 5.56 Å². The zero-order valence-electron chi connectivity index (χ0n) is 15.7. The first kappa shape index (κ1) is 17.0. The number of fused-ring (bicyclic) bond motifs is 2. The van der Waals surface area contributed by atoms with Gasteiger partial charge in [0.05, 0.1) is 22.6 Å². The second-order valence-corrected chi connectivity index (χ2v) is 7.18. The minimum atomic E-state index is 0.0221. The van der Waals surface area contributed by atoms with Crippen molar-refractivity contribution in [2.24, 2.45) is 0 Å². The van der Waals surface area contributed by atoms with Crippen molar-refractivity contribution in [1.82, 2.24) is 24.3 Å². The van der Waals surface area contributed by atoms with E-state index in [1.54, 1.807) is 0 Å². The number of H-pyrrole nitrogens is 1. The van der Waals surface area contributed by atoms with Gasteiger partial charge in [0, 0.05) is 38.7 Å². The fourth-order valence-corrected chi connectivity index (χ4v) is 3.79. The largest absolute Gasteiger partial charge is 0.310 e. The first-order valence-corrected chi connectivity index (χ1v) is 9.33. The van der Waals surface area contributed by atoms with Gasteiger partial charge in [0.15, 0.2) is 0 Å². The van der Waals surface area contributed by atoms with Crippen molar-refractivity contribution in [3.63, 3.8) is 0 Å². The second kappa shape index (κ2) is 6.68.